The van der Waals surface area contributed by atoms with E-state index >= 15 is 0 Å². The topological polar surface area (TPSA) is 124 Å². The summed E-state index contributed by atoms with van der Waals surface area (Å²) >= 11 is 0. The van der Waals surface area contributed by atoms with Gasteiger partial charge in [0.05, 0.1) is 12.5 Å². The second-order valence-electron chi connectivity index (χ2n) is 4.98. The molecule has 0 unspecified atom stereocenters. The fourth-order valence-electron chi connectivity index (χ4n) is 0.813. The van der Waals surface area contributed by atoms with Crippen molar-refractivity contribution >= 4 is 28.6 Å². The molecule has 0 heterocycles. The maximum Gasteiger partial charge on any atom is 0.300 e. The molecule has 0 atom stereocenters. The highest BCUT2D eigenvalue weighted by Gasteiger charge is 2.31. The van der Waals surface area contributed by atoms with Crippen molar-refractivity contribution in [2.45, 2.75) is 40.0 Å². The molecule has 0 saturated carbocycles. The third-order valence-electron chi connectivity index (χ3n) is 1.31. The van der Waals surface area contributed by atoms with E-state index in [2.05, 4.69) is 0 Å². The van der Waals surface area contributed by atoms with Gasteiger partial charge in [-0.2, -0.15) is 0 Å². The Morgan fingerprint density at radius 2 is 1.00 bits per heavy atom. The van der Waals surface area contributed by atoms with Gasteiger partial charge in [0, 0.05) is 13.8 Å². The molecule has 0 aromatic heterocycles. The fourth-order valence-corrected chi connectivity index (χ4v) is 7.31. The minimum absolute atomic E-state index is 0.128. The Balaban J connectivity index is -0.000000264. The molecule has 0 bridgehead atoms. The molecule has 0 fully saturated rings. The first-order chi connectivity index (χ1) is 8.29. The molecule has 116 valence electrons. The molecule has 0 aromatic rings. The Kier molecular flexibility index (Phi) is 13.7. The van der Waals surface area contributed by atoms with Crippen molar-refractivity contribution in [1.29, 1.82) is 0 Å². The number of carbonyl (C=O) groups is 2. The highest BCUT2D eigenvalue weighted by atomic mass is 28.4. The summed E-state index contributed by atoms with van der Waals surface area (Å²) < 4.78 is 5.70. The lowest BCUT2D eigenvalue weighted by Gasteiger charge is -2.30. The van der Waals surface area contributed by atoms with Crippen molar-refractivity contribution in [1.82, 2.24) is 0 Å². The quantitative estimate of drug-likeness (QED) is 0.562. The van der Waals surface area contributed by atoms with Crippen molar-refractivity contribution in [3.05, 3.63) is 0 Å². The van der Waals surface area contributed by atoms with Crippen LogP contribution in [0.1, 0.15) is 13.8 Å². The predicted octanol–water partition coefficient (Wildman–Crippen LogP) is 0.658. The molecule has 0 spiro atoms. The maximum atomic E-state index is 9.00. The number of hydrogen-bond acceptors (Lipinski definition) is 5. The molecule has 0 rings (SSSR count). The minimum atomic E-state index is -1.88. The van der Waals surface area contributed by atoms with Crippen LogP contribution >= 0.6 is 0 Å². The number of rotatable bonds is 4. The fraction of sp³-hybridized carbons (Fsp3) is 0.800. The molecule has 19 heavy (non-hydrogen) atoms. The third-order valence-corrected chi connectivity index (χ3v) is 7.26. The Morgan fingerprint density at radius 3 is 1.11 bits per heavy atom. The van der Waals surface area contributed by atoms with Crippen LogP contribution in [0.4, 0.5) is 0 Å². The summed E-state index contributed by atoms with van der Waals surface area (Å²) in [6.07, 6.45) is 0.257. The van der Waals surface area contributed by atoms with E-state index in [0.717, 1.165) is 13.8 Å². The Hall–Kier alpha value is -0.746. The van der Waals surface area contributed by atoms with Gasteiger partial charge >= 0.3 is 0 Å². The standard InChI is InChI=1S/C6H18O3Si2.2C2H4O2/c1-10(2,5-7)9-11(3,4)6-8;2*1-2(3)4/h7-8H,5-6H2,1-4H3;2*1H3,(H,3,4). The second kappa shape index (κ2) is 11.1. The molecule has 0 saturated heterocycles. The van der Waals surface area contributed by atoms with Crippen molar-refractivity contribution in [2.75, 3.05) is 12.5 Å². The van der Waals surface area contributed by atoms with Crippen LogP contribution in [-0.4, -0.2) is 61.5 Å². The Labute approximate surface area is 116 Å². The van der Waals surface area contributed by atoms with Gasteiger partial charge in [-0.3, -0.25) is 9.59 Å². The van der Waals surface area contributed by atoms with Gasteiger partial charge in [-0.25, -0.2) is 0 Å². The summed E-state index contributed by atoms with van der Waals surface area (Å²) in [6.45, 7) is 9.99. The molecular formula is C10H26O7Si2. The van der Waals surface area contributed by atoms with Crippen molar-refractivity contribution in [3.63, 3.8) is 0 Å². The zero-order valence-corrected chi connectivity index (χ0v) is 14.4. The van der Waals surface area contributed by atoms with E-state index < -0.39 is 28.6 Å². The largest absolute Gasteiger partial charge is 0.481 e. The van der Waals surface area contributed by atoms with Gasteiger partial charge in [0.1, 0.15) is 0 Å². The van der Waals surface area contributed by atoms with Gasteiger partial charge in [-0.05, 0) is 26.2 Å². The van der Waals surface area contributed by atoms with Crippen LogP contribution < -0.4 is 0 Å². The lowest BCUT2D eigenvalue weighted by molar-refractivity contribution is -0.135. The average Bonchev–Trinajstić information content (AvgIpc) is 2.14. The summed E-state index contributed by atoms with van der Waals surface area (Å²) in [5.74, 6) is -1.67. The van der Waals surface area contributed by atoms with Crippen LogP contribution in [-0.2, 0) is 13.7 Å². The first-order valence-corrected chi connectivity index (χ1v) is 11.8. The van der Waals surface area contributed by atoms with Gasteiger partial charge in [0.15, 0.2) is 16.6 Å². The third kappa shape index (κ3) is 31.7. The Morgan fingerprint density at radius 1 is 0.842 bits per heavy atom. The highest BCUT2D eigenvalue weighted by molar-refractivity contribution is 6.84. The van der Waals surface area contributed by atoms with Gasteiger partial charge in [-0.15, -0.1) is 0 Å². The number of aliphatic hydroxyl groups is 2. The molecule has 0 aliphatic heterocycles. The van der Waals surface area contributed by atoms with Crippen molar-refractivity contribution < 1.29 is 34.1 Å². The second-order valence-corrected chi connectivity index (χ2v) is 13.5. The molecule has 0 aliphatic rings. The lowest BCUT2D eigenvalue weighted by atomic mass is 10.9. The molecule has 9 heteroatoms. The van der Waals surface area contributed by atoms with Crippen LogP contribution in [0.3, 0.4) is 0 Å². The van der Waals surface area contributed by atoms with E-state index in [1.54, 1.807) is 0 Å². The number of hydrogen-bond donors (Lipinski definition) is 4. The van der Waals surface area contributed by atoms with Crippen molar-refractivity contribution in [3.8, 4) is 0 Å². The molecular weight excluding hydrogens is 288 g/mol. The number of aliphatic carboxylic acids is 2. The molecule has 7 nitrogen and oxygen atoms in total. The lowest BCUT2D eigenvalue weighted by Crippen LogP contribution is -2.49. The van der Waals surface area contributed by atoms with Crippen molar-refractivity contribution in [2.24, 2.45) is 0 Å². The van der Waals surface area contributed by atoms with Gasteiger partial charge in [0.25, 0.3) is 11.9 Å². The number of carboxylic acid groups (broad SMARTS) is 2. The zero-order chi connectivity index (χ0) is 16.3. The first-order valence-electron chi connectivity index (χ1n) is 5.60. The van der Waals surface area contributed by atoms with E-state index in [-0.39, 0.29) is 12.5 Å². The SMILES string of the molecule is CC(=O)O.CC(=O)O.C[Si](C)(CO)O[Si](C)(C)CO. The van der Waals surface area contributed by atoms with E-state index in [4.69, 9.17) is 34.1 Å². The maximum absolute atomic E-state index is 9.00. The summed E-state index contributed by atoms with van der Waals surface area (Å²) in [6, 6.07) is 0. The monoisotopic (exact) mass is 314 g/mol. The van der Waals surface area contributed by atoms with Gasteiger partial charge < -0.3 is 24.5 Å². The van der Waals surface area contributed by atoms with Crippen LogP contribution in [0, 0.1) is 0 Å². The normalized spacial score (nSPS) is 10.5. The summed E-state index contributed by atoms with van der Waals surface area (Å²) in [5.41, 5.74) is 0. The molecule has 0 radical (unpaired) electrons. The number of carboxylic acids is 2. The van der Waals surface area contributed by atoms with E-state index in [9.17, 15) is 0 Å². The van der Waals surface area contributed by atoms with E-state index in [1.165, 1.54) is 0 Å². The molecule has 4 N–H and O–H groups in total. The first kappa shape index (κ1) is 23.4. The van der Waals surface area contributed by atoms with Crippen LogP contribution in [0.2, 0.25) is 26.2 Å². The van der Waals surface area contributed by atoms with Gasteiger partial charge in [0.2, 0.25) is 0 Å². The minimum Gasteiger partial charge on any atom is -0.481 e. The summed E-state index contributed by atoms with van der Waals surface area (Å²) in [7, 11) is -3.75. The number of aliphatic hydroxyl groups excluding tert-OH is 2. The van der Waals surface area contributed by atoms with Crippen LogP contribution in [0.15, 0.2) is 0 Å². The summed E-state index contributed by atoms with van der Waals surface area (Å²) in [4.78, 5) is 18.0. The van der Waals surface area contributed by atoms with Gasteiger partial charge in [-0.1, -0.05) is 0 Å². The predicted molar refractivity (Wildman–Crippen MR) is 76.8 cm³/mol. The summed E-state index contributed by atoms with van der Waals surface area (Å²) in [5, 5.41) is 32.7. The van der Waals surface area contributed by atoms with Crippen LogP contribution in [0.5, 0.6) is 0 Å². The molecule has 0 aliphatic carbocycles. The zero-order valence-electron chi connectivity index (χ0n) is 12.4. The van der Waals surface area contributed by atoms with E-state index in [1.807, 2.05) is 26.2 Å². The molecule has 0 amide bonds. The highest BCUT2D eigenvalue weighted by Crippen LogP contribution is 2.12. The average molecular weight is 314 g/mol. The van der Waals surface area contributed by atoms with Crippen LogP contribution in [0.25, 0.3) is 0 Å². The Bertz CT molecular complexity index is 233. The van der Waals surface area contributed by atoms with E-state index in [0.29, 0.717) is 0 Å². The molecule has 0 aromatic carbocycles. The smallest absolute Gasteiger partial charge is 0.300 e.